The van der Waals surface area contributed by atoms with Crippen LogP contribution in [-0.4, -0.2) is 50.5 Å². The standard InChI is InChI=1S/C25H26N2O6/c1-29-19-7-4-6-17(12-19)15-27(25(28)23-8-5-11-32-23)16-20-14-21(26-33-20)18-9-10-22(30-2)24(13-18)31-3/h4-13,20H,14-16H2,1-3H3. The van der Waals surface area contributed by atoms with Crippen molar-refractivity contribution in [2.75, 3.05) is 27.9 Å². The molecule has 0 aliphatic carbocycles. The number of hydrogen-bond acceptors (Lipinski definition) is 7. The molecule has 0 spiro atoms. The molecule has 1 aromatic heterocycles. The minimum Gasteiger partial charge on any atom is -0.497 e. The van der Waals surface area contributed by atoms with Gasteiger partial charge in [-0.15, -0.1) is 0 Å². The Hall–Kier alpha value is -3.94. The van der Waals surface area contributed by atoms with Gasteiger partial charge in [0.2, 0.25) is 0 Å². The first kappa shape index (κ1) is 22.3. The lowest BCUT2D eigenvalue weighted by Crippen LogP contribution is -2.37. The highest BCUT2D eigenvalue weighted by atomic mass is 16.6. The van der Waals surface area contributed by atoms with Crippen LogP contribution >= 0.6 is 0 Å². The minimum absolute atomic E-state index is 0.217. The zero-order chi connectivity index (χ0) is 23.2. The summed E-state index contributed by atoms with van der Waals surface area (Å²) in [6, 6.07) is 16.6. The Balaban J connectivity index is 1.49. The molecule has 8 nitrogen and oxygen atoms in total. The molecule has 2 aromatic carbocycles. The molecular weight excluding hydrogens is 424 g/mol. The molecule has 1 amide bonds. The lowest BCUT2D eigenvalue weighted by Gasteiger charge is -2.24. The largest absolute Gasteiger partial charge is 0.497 e. The summed E-state index contributed by atoms with van der Waals surface area (Å²) in [7, 11) is 4.80. The normalized spacial score (nSPS) is 14.9. The summed E-state index contributed by atoms with van der Waals surface area (Å²) in [6.07, 6.45) is 1.74. The van der Waals surface area contributed by atoms with Gasteiger partial charge in [-0.25, -0.2) is 0 Å². The molecule has 1 unspecified atom stereocenters. The van der Waals surface area contributed by atoms with Gasteiger partial charge in [-0.05, 0) is 48.0 Å². The third-order valence-corrected chi connectivity index (χ3v) is 5.40. The van der Waals surface area contributed by atoms with E-state index in [0.717, 1.165) is 22.6 Å². The van der Waals surface area contributed by atoms with Crippen LogP contribution in [0.1, 0.15) is 28.1 Å². The molecule has 0 N–H and O–H groups in total. The third kappa shape index (κ3) is 5.11. The molecule has 1 aliphatic heterocycles. The zero-order valence-electron chi connectivity index (χ0n) is 18.8. The van der Waals surface area contributed by atoms with E-state index in [4.69, 9.17) is 23.5 Å². The predicted octanol–water partition coefficient (Wildman–Crippen LogP) is 4.14. The topological polar surface area (TPSA) is 82.7 Å². The summed E-state index contributed by atoms with van der Waals surface area (Å²) in [5.74, 6) is 2.05. The molecule has 0 bridgehead atoms. The Morgan fingerprint density at radius 2 is 1.88 bits per heavy atom. The molecule has 3 aromatic rings. The highest BCUT2D eigenvalue weighted by Crippen LogP contribution is 2.30. The third-order valence-electron chi connectivity index (χ3n) is 5.40. The Bertz CT molecular complexity index is 1130. The van der Waals surface area contributed by atoms with E-state index in [1.165, 1.54) is 6.26 Å². The summed E-state index contributed by atoms with van der Waals surface area (Å²) >= 11 is 0. The van der Waals surface area contributed by atoms with Crippen molar-refractivity contribution in [2.24, 2.45) is 5.16 Å². The number of ether oxygens (including phenoxy) is 3. The maximum Gasteiger partial charge on any atom is 0.289 e. The minimum atomic E-state index is -0.294. The molecule has 0 saturated heterocycles. The highest BCUT2D eigenvalue weighted by Gasteiger charge is 2.29. The van der Waals surface area contributed by atoms with E-state index in [0.29, 0.717) is 31.0 Å². The van der Waals surface area contributed by atoms with E-state index in [2.05, 4.69) is 5.16 Å². The number of furan rings is 1. The van der Waals surface area contributed by atoms with Crippen LogP contribution in [0.4, 0.5) is 0 Å². The van der Waals surface area contributed by atoms with Crippen molar-refractivity contribution in [1.82, 2.24) is 4.90 Å². The molecule has 1 atom stereocenters. The van der Waals surface area contributed by atoms with Crippen molar-refractivity contribution < 1.29 is 28.3 Å². The Morgan fingerprint density at radius 1 is 1.03 bits per heavy atom. The average Bonchev–Trinajstić information content (AvgIpc) is 3.55. The van der Waals surface area contributed by atoms with Crippen molar-refractivity contribution in [3.63, 3.8) is 0 Å². The number of methoxy groups -OCH3 is 3. The number of carbonyl (C=O) groups is 1. The molecule has 0 radical (unpaired) electrons. The fourth-order valence-corrected chi connectivity index (χ4v) is 3.72. The molecule has 33 heavy (non-hydrogen) atoms. The lowest BCUT2D eigenvalue weighted by molar-refractivity contribution is 0.0387. The molecule has 172 valence electrons. The maximum absolute atomic E-state index is 13.1. The monoisotopic (exact) mass is 450 g/mol. The van der Waals surface area contributed by atoms with Gasteiger partial charge in [-0.2, -0.15) is 0 Å². The van der Waals surface area contributed by atoms with Crippen molar-refractivity contribution >= 4 is 11.6 Å². The van der Waals surface area contributed by atoms with Crippen molar-refractivity contribution in [3.05, 3.63) is 77.7 Å². The molecule has 0 fully saturated rings. The summed E-state index contributed by atoms with van der Waals surface area (Å²) in [4.78, 5) is 20.5. The zero-order valence-corrected chi connectivity index (χ0v) is 18.8. The number of amides is 1. The SMILES string of the molecule is COc1cccc(CN(CC2CC(c3ccc(OC)c(OC)c3)=NO2)C(=O)c2ccco2)c1. The molecule has 2 heterocycles. The van der Waals surface area contributed by atoms with Crippen LogP contribution in [0.3, 0.4) is 0 Å². The molecule has 0 saturated carbocycles. The van der Waals surface area contributed by atoms with Crippen LogP contribution in [0.5, 0.6) is 17.2 Å². The fourth-order valence-electron chi connectivity index (χ4n) is 3.72. The van der Waals surface area contributed by atoms with Crippen molar-refractivity contribution in [3.8, 4) is 17.2 Å². The summed E-state index contributed by atoms with van der Waals surface area (Å²) < 4.78 is 21.4. The van der Waals surface area contributed by atoms with Crippen LogP contribution in [0.25, 0.3) is 0 Å². The van der Waals surface area contributed by atoms with Crippen LogP contribution < -0.4 is 14.2 Å². The van der Waals surface area contributed by atoms with Gasteiger partial charge in [0.25, 0.3) is 5.91 Å². The number of rotatable bonds is 9. The summed E-state index contributed by atoms with van der Waals surface area (Å²) in [5, 5.41) is 4.27. The fraction of sp³-hybridized carbons (Fsp3) is 0.280. The number of hydrogen-bond donors (Lipinski definition) is 0. The predicted molar refractivity (Wildman–Crippen MR) is 122 cm³/mol. The van der Waals surface area contributed by atoms with Crippen LogP contribution in [0.15, 0.2) is 70.4 Å². The van der Waals surface area contributed by atoms with Gasteiger partial charge in [-0.3, -0.25) is 4.79 Å². The van der Waals surface area contributed by atoms with E-state index >= 15 is 0 Å². The first-order valence-electron chi connectivity index (χ1n) is 10.5. The van der Waals surface area contributed by atoms with E-state index in [-0.39, 0.29) is 17.8 Å². The smallest absolute Gasteiger partial charge is 0.289 e. The van der Waals surface area contributed by atoms with E-state index in [1.54, 1.807) is 38.4 Å². The summed E-state index contributed by atoms with van der Waals surface area (Å²) in [5.41, 5.74) is 2.60. The number of oxime groups is 1. The second kappa shape index (κ2) is 10.1. The number of carbonyl (C=O) groups excluding carboxylic acids is 1. The lowest BCUT2D eigenvalue weighted by atomic mass is 10.0. The maximum atomic E-state index is 13.1. The van der Waals surface area contributed by atoms with Gasteiger partial charge in [0.05, 0.1) is 39.8 Å². The van der Waals surface area contributed by atoms with Gasteiger partial charge in [0.1, 0.15) is 5.75 Å². The van der Waals surface area contributed by atoms with Gasteiger partial charge in [0.15, 0.2) is 23.4 Å². The second-order valence-corrected chi connectivity index (χ2v) is 7.55. The second-order valence-electron chi connectivity index (χ2n) is 7.55. The molecule has 4 rings (SSSR count). The van der Waals surface area contributed by atoms with Gasteiger partial charge >= 0.3 is 0 Å². The Labute approximate surface area is 192 Å². The van der Waals surface area contributed by atoms with Crippen LogP contribution in [0, 0.1) is 0 Å². The average molecular weight is 450 g/mol. The number of nitrogens with zero attached hydrogens (tertiary/aromatic N) is 2. The first-order chi connectivity index (χ1) is 16.1. The number of benzene rings is 2. The molecule has 1 aliphatic rings. The Morgan fingerprint density at radius 3 is 2.61 bits per heavy atom. The van der Waals surface area contributed by atoms with Gasteiger partial charge in [0, 0.05) is 18.5 Å². The van der Waals surface area contributed by atoms with Crippen LogP contribution in [0.2, 0.25) is 0 Å². The van der Waals surface area contributed by atoms with E-state index in [1.807, 2.05) is 42.5 Å². The quantitative estimate of drug-likeness (QED) is 0.487. The Kier molecular flexibility index (Phi) is 6.83. The van der Waals surface area contributed by atoms with Crippen molar-refractivity contribution in [2.45, 2.75) is 19.1 Å². The molecule has 8 heteroatoms. The van der Waals surface area contributed by atoms with Crippen LogP contribution in [-0.2, 0) is 11.4 Å². The van der Waals surface area contributed by atoms with Gasteiger partial charge in [-0.1, -0.05) is 17.3 Å². The summed E-state index contributed by atoms with van der Waals surface area (Å²) in [6.45, 7) is 0.722. The van der Waals surface area contributed by atoms with Gasteiger partial charge < -0.3 is 28.4 Å². The molecular formula is C25H26N2O6. The van der Waals surface area contributed by atoms with E-state index in [9.17, 15) is 4.79 Å². The van der Waals surface area contributed by atoms with E-state index < -0.39 is 0 Å². The first-order valence-corrected chi connectivity index (χ1v) is 10.5. The highest BCUT2D eigenvalue weighted by molar-refractivity contribution is 6.01. The van der Waals surface area contributed by atoms with Crippen molar-refractivity contribution in [1.29, 1.82) is 0 Å².